The zero-order valence-corrected chi connectivity index (χ0v) is 17.4. The van der Waals surface area contributed by atoms with Crippen LogP contribution in [0.15, 0.2) is 54.6 Å². The summed E-state index contributed by atoms with van der Waals surface area (Å²) in [6, 6.07) is 15.7. The third kappa shape index (κ3) is 4.00. The molecule has 0 unspecified atom stereocenters. The van der Waals surface area contributed by atoms with Crippen LogP contribution in [-0.2, 0) is 11.2 Å². The fourth-order valence-electron chi connectivity index (χ4n) is 3.68. The predicted octanol–water partition coefficient (Wildman–Crippen LogP) is 4.44. The van der Waals surface area contributed by atoms with Crippen molar-refractivity contribution in [2.24, 2.45) is 0 Å². The second-order valence-electron chi connectivity index (χ2n) is 7.40. The zero-order valence-electron chi connectivity index (χ0n) is 17.4. The van der Waals surface area contributed by atoms with E-state index in [0.717, 1.165) is 27.7 Å². The van der Waals surface area contributed by atoms with E-state index in [4.69, 9.17) is 0 Å². The van der Waals surface area contributed by atoms with Crippen molar-refractivity contribution in [3.05, 3.63) is 87.2 Å². The van der Waals surface area contributed by atoms with Gasteiger partial charge in [-0.05, 0) is 50.1 Å². The maximum absolute atomic E-state index is 12.9. The summed E-state index contributed by atoms with van der Waals surface area (Å²) in [4.78, 5) is 28.0. The highest BCUT2D eigenvalue weighted by atomic mass is 16.6. The van der Waals surface area contributed by atoms with E-state index >= 15 is 0 Å². The quantitative estimate of drug-likeness (QED) is 0.383. The number of anilines is 1. The molecule has 8 nitrogen and oxygen atoms in total. The van der Waals surface area contributed by atoms with Crippen molar-refractivity contribution in [1.82, 2.24) is 14.8 Å². The fraction of sp³-hybridized carbons (Fsp3) is 0.174. The molecule has 0 bridgehead atoms. The van der Waals surface area contributed by atoms with Crippen molar-refractivity contribution in [3.63, 3.8) is 0 Å². The number of nitro benzene ring substituents is 1. The SMILES string of the molecule is Cc1cc(NC(=O)Cc2c(C)nc3ccccc3c2C)n(-c2ccc([N+](=O)[O-])cc2)n1. The molecule has 2 heterocycles. The van der Waals surface area contributed by atoms with Crippen LogP contribution in [-0.4, -0.2) is 25.6 Å². The van der Waals surface area contributed by atoms with Crippen molar-refractivity contribution in [2.45, 2.75) is 27.2 Å². The molecule has 2 aromatic carbocycles. The molecule has 2 aromatic heterocycles. The van der Waals surface area contributed by atoms with Gasteiger partial charge in [0.15, 0.2) is 0 Å². The molecule has 31 heavy (non-hydrogen) atoms. The average Bonchev–Trinajstić information content (AvgIpc) is 3.11. The Morgan fingerprint density at radius 1 is 1.10 bits per heavy atom. The minimum atomic E-state index is -0.455. The van der Waals surface area contributed by atoms with Crippen LogP contribution in [0.3, 0.4) is 0 Å². The summed E-state index contributed by atoms with van der Waals surface area (Å²) in [5.74, 6) is 0.312. The van der Waals surface area contributed by atoms with Gasteiger partial charge in [-0.25, -0.2) is 4.68 Å². The second kappa shape index (κ2) is 7.98. The molecular formula is C23H21N5O3. The minimum absolute atomic E-state index is 0.00651. The lowest BCUT2D eigenvalue weighted by Crippen LogP contribution is -2.18. The second-order valence-corrected chi connectivity index (χ2v) is 7.40. The number of nitro groups is 1. The van der Waals surface area contributed by atoms with Crippen LogP contribution in [0, 0.1) is 30.9 Å². The van der Waals surface area contributed by atoms with Gasteiger partial charge in [0.2, 0.25) is 5.91 Å². The number of non-ortho nitro benzene ring substituents is 1. The average molecular weight is 415 g/mol. The van der Waals surface area contributed by atoms with E-state index < -0.39 is 4.92 Å². The van der Waals surface area contributed by atoms with Gasteiger partial charge in [0.1, 0.15) is 5.82 Å². The van der Waals surface area contributed by atoms with E-state index in [1.54, 1.807) is 22.9 Å². The first-order valence-electron chi connectivity index (χ1n) is 9.79. The molecule has 0 aliphatic rings. The highest BCUT2D eigenvalue weighted by Gasteiger charge is 2.16. The van der Waals surface area contributed by atoms with E-state index in [-0.39, 0.29) is 18.0 Å². The van der Waals surface area contributed by atoms with E-state index in [0.29, 0.717) is 17.2 Å². The normalized spacial score (nSPS) is 10.9. The third-order valence-corrected chi connectivity index (χ3v) is 5.23. The molecule has 0 aliphatic heterocycles. The van der Waals surface area contributed by atoms with E-state index in [2.05, 4.69) is 15.4 Å². The Balaban J connectivity index is 1.60. The number of rotatable bonds is 5. The van der Waals surface area contributed by atoms with Gasteiger partial charge < -0.3 is 5.32 Å². The summed E-state index contributed by atoms with van der Waals surface area (Å²) in [5, 5.41) is 19.3. The largest absolute Gasteiger partial charge is 0.310 e. The zero-order chi connectivity index (χ0) is 22.1. The highest BCUT2D eigenvalue weighted by Crippen LogP contribution is 2.24. The Labute approximate surface area is 178 Å². The van der Waals surface area contributed by atoms with Crippen molar-refractivity contribution in [3.8, 4) is 5.69 Å². The number of hydrogen-bond acceptors (Lipinski definition) is 5. The molecular weight excluding hydrogens is 394 g/mol. The number of fused-ring (bicyclic) bond motifs is 1. The molecule has 0 saturated carbocycles. The number of aromatic nitrogens is 3. The summed E-state index contributed by atoms with van der Waals surface area (Å²) >= 11 is 0. The molecule has 0 atom stereocenters. The Morgan fingerprint density at radius 3 is 2.52 bits per heavy atom. The summed E-state index contributed by atoms with van der Waals surface area (Å²) in [6.45, 7) is 5.73. The molecule has 0 spiro atoms. The summed E-state index contributed by atoms with van der Waals surface area (Å²) < 4.78 is 1.56. The van der Waals surface area contributed by atoms with Crippen LogP contribution in [0.5, 0.6) is 0 Å². The molecule has 0 radical (unpaired) electrons. The van der Waals surface area contributed by atoms with Gasteiger partial charge in [-0.3, -0.25) is 19.9 Å². The Hall–Kier alpha value is -4.07. The number of aryl methyl sites for hydroxylation is 3. The molecule has 8 heteroatoms. The molecule has 156 valence electrons. The first kappa shape index (κ1) is 20.2. The van der Waals surface area contributed by atoms with E-state index in [9.17, 15) is 14.9 Å². The van der Waals surface area contributed by atoms with E-state index in [1.165, 1.54) is 12.1 Å². The summed E-state index contributed by atoms with van der Waals surface area (Å²) in [7, 11) is 0. The van der Waals surface area contributed by atoms with Crippen LogP contribution in [0.2, 0.25) is 0 Å². The molecule has 0 saturated heterocycles. The lowest BCUT2D eigenvalue weighted by Gasteiger charge is -2.13. The van der Waals surface area contributed by atoms with Gasteiger partial charge in [-0.15, -0.1) is 0 Å². The van der Waals surface area contributed by atoms with Crippen LogP contribution in [0.25, 0.3) is 16.6 Å². The Kier molecular flexibility index (Phi) is 5.21. The fourth-order valence-corrected chi connectivity index (χ4v) is 3.68. The number of nitrogens with zero attached hydrogens (tertiary/aromatic N) is 4. The Morgan fingerprint density at radius 2 is 1.81 bits per heavy atom. The van der Waals surface area contributed by atoms with Gasteiger partial charge in [-0.1, -0.05) is 18.2 Å². The molecule has 0 fully saturated rings. The van der Waals surface area contributed by atoms with Crippen molar-refractivity contribution in [1.29, 1.82) is 0 Å². The number of benzene rings is 2. The topological polar surface area (TPSA) is 103 Å². The van der Waals surface area contributed by atoms with Crippen LogP contribution in [0.4, 0.5) is 11.5 Å². The number of amides is 1. The summed E-state index contributed by atoms with van der Waals surface area (Å²) in [5.41, 5.74) is 5.00. The lowest BCUT2D eigenvalue weighted by atomic mass is 9.99. The molecule has 4 aromatic rings. The Bertz CT molecular complexity index is 1310. The first-order valence-corrected chi connectivity index (χ1v) is 9.79. The number of hydrogen-bond donors (Lipinski definition) is 1. The molecule has 0 aliphatic carbocycles. The lowest BCUT2D eigenvalue weighted by molar-refractivity contribution is -0.384. The highest BCUT2D eigenvalue weighted by molar-refractivity contribution is 5.93. The number of carbonyl (C=O) groups excluding carboxylic acids is 1. The third-order valence-electron chi connectivity index (χ3n) is 5.23. The van der Waals surface area contributed by atoms with Crippen LogP contribution >= 0.6 is 0 Å². The van der Waals surface area contributed by atoms with Crippen LogP contribution < -0.4 is 5.32 Å². The van der Waals surface area contributed by atoms with Gasteiger partial charge in [0.05, 0.1) is 28.2 Å². The van der Waals surface area contributed by atoms with Crippen molar-refractivity contribution < 1.29 is 9.72 Å². The summed E-state index contributed by atoms with van der Waals surface area (Å²) in [6.07, 6.45) is 0.181. The predicted molar refractivity (Wildman–Crippen MR) is 119 cm³/mol. The molecule has 1 amide bonds. The van der Waals surface area contributed by atoms with Crippen molar-refractivity contribution >= 4 is 28.3 Å². The van der Waals surface area contributed by atoms with E-state index in [1.807, 2.05) is 45.0 Å². The van der Waals surface area contributed by atoms with Crippen molar-refractivity contribution in [2.75, 3.05) is 5.32 Å². The van der Waals surface area contributed by atoms with Gasteiger partial charge >= 0.3 is 0 Å². The molecule has 1 N–H and O–H groups in total. The van der Waals surface area contributed by atoms with Crippen LogP contribution in [0.1, 0.15) is 22.5 Å². The minimum Gasteiger partial charge on any atom is -0.310 e. The number of carbonyl (C=O) groups is 1. The van der Waals surface area contributed by atoms with Gasteiger partial charge in [-0.2, -0.15) is 5.10 Å². The monoisotopic (exact) mass is 415 g/mol. The maximum Gasteiger partial charge on any atom is 0.269 e. The standard InChI is InChI=1S/C23H21N5O3/c1-14-12-22(27(26-14)17-8-10-18(11-9-17)28(30)31)25-23(29)13-20-15(2)19-6-4-5-7-21(19)24-16(20)3/h4-12H,13H2,1-3H3,(H,25,29). The van der Waals surface area contributed by atoms with Gasteiger partial charge in [0.25, 0.3) is 5.69 Å². The van der Waals surface area contributed by atoms with Gasteiger partial charge in [0, 0.05) is 29.3 Å². The number of nitrogens with one attached hydrogen (secondary N) is 1. The number of para-hydroxylation sites is 1. The maximum atomic E-state index is 12.9. The molecule has 4 rings (SSSR count). The number of pyridine rings is 1. The smallest absolute Gasteiger partial charge is 0.269 e. The first-order chi connectivity index (χ1) is 14.8.